The van der Waals surface area contributed by atoms with Gasteiger partial charge in [-0.1, -0.05) is 6.07 Å². The van der Waals surface area contributed by atoms with Crippen molar-refractivity contribution in [2.75, 3.05) is 19.7 Å². The monoisotopic (exact) mass is 342 g/mol. The highest BCUT2D eigenvalue weighted by Crippen LogP contribution is 2.35. The summed E-state index contributed by atoms with van der Waals surface area (Å²) in [5, 5.41) is 7.95. The molecule has 3 atom stereocenters. The Morgan fingerprint density at radius 1 is 1.36 bits per heavy atom. The number of amides is 1. The Balaban J connectivity index is 1.34. The normalized spacial score (nSPS) is 25.8. The van der Waals surface area contributed by atoms with Crippen LogP contribution in [0.4, 0.5) is 0 Å². The molecule has 1 amide bonds. The number of carbonyl (C=O) groups excluding carboxylic acids is 1. The summed E-state index contributed by atoms with van der Waals surface area (Å²) in [6, 6.07) is 5.67. The number of hydrogen-bond donors (Lipinski definition) is 0. The summed E-state index contributed by atoms with van der Waals surface area (Å²) in [6.07, 6.45) is 3.81. The molecular formula is C18H22N4O3. The van der Waals surface area contributed by atoms with Crippen molar-refractivity contribution in [1.82, 2.24) is 20.1 Å². The van der Waals surface area contributed by atoms with Crippen molar-refractivity contribution in [3.63, 3.8) is 0 Å². The summed E-state index contributed by atoms with van der Waals surface area (Å²) in [7, 11) is 0. The summed E-state index contributed by atoms with van der Waals surface area (Å²) >= 11 is 0. The molecule has 0 radical (unpaired) electrons. The van der Waals surface area contributed by atoms with Crippen molar-refractivity contribution in [1.29, 1.82) is 0 Å². The van der Waals surface area contributed by atoms with Crippen LogP contribution in [-0.2, 0) is 22.4 Å². The van der Waals surface area contributed by atoms with Crippen LogP contribution in [-0.4, -0.2) is 51.8 Å². The van der Waals surface area contributed by atoms with Crippen LogP contribution < -0.4 is 0 Å². The number of pyridine rings is 1. The molecule has 4 rings (SSSR count). The smallest absolute Gasteiger partial charge is 0.228 e. The van der Waals surface area contributed by atoms with Crippen LogP contribution in [0.3, 0.4) is 0 Å². The fraction of sp³-hybridized carbons (Fsp3) is 0.556. The fourth-order valence-electron chi connectivity index (χ4n) is 3.89. The van der Waals surface area contributed by atoms with Crippen LogP contribution in [0.1, 0.15) is 23.9 Å². The number of likely N-dealkylation sites (tertiary alicyclic amines) is 1. The Labute approximate surface area is 146 Å². The van der Waals surface area contributed by atoms with Crippen LogP contribution in [0.15, 0.2) is 28.8 Å². The van der Waals surface area contributed by atoms with Gasteiger partial charge in [-0.3, -0.25) is 9.78 Å². The SMILES string of the molecule is Cc1nnc(C[C@@H]2OC[C@H]3CN(C(=O)Cc4ccccn4)CC[C@H]32)o1. The van der Waals surface area contributed by atoms with E-state index in [4.69, 9.17) is 9.15 Å². The maximum atomic E-state index is 12.5. The second-order valence-corrected chi connectivity index (χ2v) is 6.84. The molecule has 2 aliphatic rings. The molecule has 0 bridgehead atoms. The highest BCUT2D eigenvalue weighted by molar-refractivity contribution is 5.78. The molecule has 2 fully saturated rings. The molecule has 0 unspecified atom stereocenters. The van der Waals surface area contributed by atoms with E-state index in [2.05, 4.69) is 15.2 Å². The molecule has 4 heterocycles. The molecule has 2 aromatic heterocycles. The Morgan fingerprint density at radius 3 is 3.04 bits per heavy atom. The Bertz CT molecular complexity index is 733. The number of nitrogens with zero attached hydrogens (tertiary/aromatic N) is 4. The van der Waals surface area contributed by atoms with Gasteiger partial charge in [-0.2, -0.15) is 0 Å². The zero-order chi connectivity index (χ0) is 17.2. The van der Waals surface area contributed by atoms with Gasteiger partial charge in [-0.25, -0.2) is 0 Å². The number of piperidine rings is 1. The Morgan fingerprint density at radius 2 is 2.28 bits per heavy atom. The first-order valence-electron chi connectivity index (χ1n) is 8.77. The van der Waals surface area contributed by atoms with Crippen molar-refractivity contribution < 1.29 is 13.9 Å². The molecule has 0 spiro atoms. The lowest BCUT2D eigenvalue weighted by Crippen LogP contribution is -2.45. The third-order valence-corrected chi connectivity index (χ3v) is 5.15. The van der Waals surface area contributed by atoms with E-state index in [1.807, 2.05) is 23.1 Å². The first kappa shape index (κ1) is 16.2. The first-order chi connectivity index (χ1) is 12.2. The van der Waals surface area contributed by atoms with E-state index < -0.39 is 0 Å². The van der Waals surface area contributed by atoms with Crippen molar-refractivity contribution in [2.24, 2.45) is 11.8 Å². The van der Waals surface area contributed by atoms with Gasteiger partial charge in [0.2, 0.25) is 17.7 Å². The highest BCUT2D eigenvalue weighted by atomic mass is 16.5. The van der Waals surface area contributed by atoms with E-state index in [1.165, 1.54) is 0 Å². The maximum Gasteiger partial charge on any atom is 0.228 e. The predicted octanol–water partition coefficient (Wildman–Crippen LogP) is 1.42. The predicted molar refractivity (Wildman–Crippen MR) is 88.6 cm³/mol. The van der Waals surface area contributed by atoms with E-state index in [0.717, 1.165) is 25.2 Å². The van der Waals surface area contributed by atoms with Gasteiger partial charge >= 0.3 is 0 Å². The highest BCUT2D eigenvalue weighted by Gasteiger charge is 2.42. The third kappa shape index (κ3) is 3.56. The summed E-state index contributed by atoms with van der Waals surface area (Å²) < 4.78 is 11.5. The summed E-state index contributed by atoms with van der Waals surface area (Å²) in [6.45, 7) is 4.02. The largest absolute Gasteiger partial charge is 0.425 e. The number of hydrogen-bond acceptors (Lipinski definition) is 6. The van der Waals surface area contributed by atoms with Gasteiger partial charge in [0.05, 0.1) is 25.6 Å². The molecule has 0 aromatic carbocycles. The zero-order valence-electron chi connectivity index (χ0n) is 14.3. The lowest BCUT2D eigenvalue weighted by Gasteiger charge is -2.35. The van der Waals surface area contributed by atoms with Crippen molar-refractivity contribution >= 4 is 5.91 Å². The summed E-state index contributed by atoms with van der Waals surface area (Å²) in [5.74, 6) is 2.20. The quantitative estimate of drug-likeness (QED) is 0.836. The molecule has 0 saturated carbocycles. The number of carbonyl (C=O) groups is 1. The van der Waals surface area contributed by atoms with Crippen LogP contribution in [0.25, 0.3) is 0 Å². The zero-order valence-corrected chi connectivity index (χ0v) is 14.3. The number of rotatable bonds is 4. The van der Waals surface area contributed by atoms with Crippen LogP contribution in [0, 0.1) is 18.8 Å². The second kappa shape index (κ2) is 6.92. The second-order valence-electron chi connectivity index (χ2n) is 6.84. The molecule has 7 nitrogen and oxygen atoms in total. The Hall–Kier alpha value is -2.28. The van der Waals surface area contributed by atoms with Crippen molar-refractivity contribution in [2.45, 2.75) is 32.3 Å². The van der Waals surface area contributed by atoms with Gasteiger partial charge in [-0.15, -0.1) is 10.2 Å². The lowest BCUT2D eigenvalue weighted by molar-refractivity contribution is -0.132. The summed E-state index contributed by atoms with van der Waals surface area (Å²) in [4.78, 5) is 18.7. The summed E-state index contributed by atoms with van der Waals surface area (Å²) in [5.41, 5.74) is 0.821. The average Bonchev–Trinajstić information content (AvgIpc) is 3.22. The average molecular weight is 342 g/mol. The minimum Gasteiger partial charge on any atom is -0.425 e. The third-order valence-electron chi connectivity index (χ3n) is 5.15. The molecule has 25 heavy (non-hydrogen) atoms. The van der Waals surface area contributed by atoms with Crippen LogP contribution in [0.2, 0.25) is 0 Å². The topological polar surface area (TPSA) is 81.4 Å². The fourth-order valence-corrected chi connectivity index (χ4v) is 3.89. The van der Waals surface area contributed by atoms with Gasteiger partial charge in [0.1, 0.15) is 0 Å². The van der Waals surface area contributed by atoms with E-state index in [0.29, 0.717) is 43.1 Å². The van der Waals surface area contributed by atoms with Gasteiger partial charge in [0.25, 0.3) is 0 Å². The van der Waals surface area contributed by atoms with Crippen molar-refractivity contribution in [3.8, 4) is 0 Å². The molecule has 132 valence electrons. The number of ether oxygens (including phenoxy) is 1. The van der Waals surface area contributed by atoms with E-state index >= 15 is 0 Å². The number of aromatic nitrogens is 3. The van der Waals surface area contributed by atoms with E-state index in [9.17, 15) is 4.79 Å². The van der Waals surface area contributed by atoms with Gasteiger partial charge < -0.3 is 14.1 Å². The molecule has 0 N–H and O–H groups in total. The van der Waals surface area contributed by atoms with Gasteiger partial charge in [-0.05, 0) is 24.5 Å². The van der Waals surface area contributed by atoms with Crippen molar-refractivity contribution in [3.05, 3.63) is 41.9 Å². The van der Waals surface area contributed by atoms with Gasteiger partial charge in [0, 0.05) is 37.8 Å². The maximum absolute atomic E-state index is 12.5. The number of aryl methyl sites for hydroxylation is 1. The first-order valence-corrected chi connectivity index (χ1v) is 8.77. The molecular weight excluding hydrogens is 320 g/mol. The lowest BCUT2D eigenvalue weighted by atomic mass is 9.83. The Kier molecular flexibility index (Phi) is 4.48. The standard InChI is InChI=1S/C18H22N4O3/c1-12-20-21-17(25-12)9-16-15-5-7-22(10-13(15)11-24-16)18(23)8-14-4-2-3-6-19-14/h2-4,6,13,15-16H,5,7-11H2,1H3/t13-,15-,16+/m1/s1. The molecule has 2 aliphatic heterocycles. The van der Waals surface area contributed by atoms with E-state index in [-0.39, 0.29) is 12.0 Å². The van der Waals surface area contributed by atoms with Crippen LogP contribution >= 0.6 is 0 Å². The number of fused-ring (bicyclic) bond motifs is 1. The molecule has 0 aliphatic carbocycles. The minimum atomic E-state index is 0.109. The van der Waals surface area contributed by atoms with Gasteiger partial charge in [0.15, 0.2) is 0 Å². The molecule has 7 heteroatoms. The van der Waals surface area contributed by atoms with E-state index in [1.54, 1.807) is 13.1 Å². The van der Waals surface area contributed by atoms with Crippen LogP contribution in [0.5, 0.6) is 0 Å². The molecule has 2 aromatic rings. The minimum absolute atomic E-state index is 0.109. The molecule has 2 saturated heterocycles.